The molecule has 1 aromatic carbocycles. The van der Waals surface area contributed by atoms with Crippen molar-refractivity contribution in [2.75, 3.05) is 19.7 Å². The van der Waals surface area contributed by atoms with Crippen LogP contribution in [0, 0.1) is 11.7 Å². The van der Waals surface area contributed by atoms with Crippen LogP contribution in [-0.2, 0) is 6.18 Å². The van der Waals surface area contributed by atoms with Crippen LogP contribution in [0.3, 0.4) is 0 Å². The summed E-state index contributed by atoms with van der Waals surface area (Å²) >= 11 is 0. The van der Waals surface area contributed by atoms with Crippen molar-refractivity contribution >= 4 is 0 Å². The molecule has 0 aliphatic carbocycles. The van der Waals surface area contributed by atoms with Gasteiger partial charge in [0.05, 0.1) is 12.2 Å². The summed E-state index contributed by atoms with van der Waals surface area (Å²) in [6, 6.07) is 2.29. The maximum atomic E-state index is 13.3. The third kappa shape index (κ3) is 2.88. The molecule has 6 heteroatoms. The normalized spacial score (nSPS) is 16.7. The van der Waals surface area contributed by atoms with Crippen molar-refractivity contribution in [2.24, 2.45) is 5.92 Å². The van der Waals surface area contributed by atoms with Crippen molar-refractivity contribution in [3.05, 3.63) is 29.6 Å². The molecular formula is C11H11F4NO. The molecule has 1 saturated heterocycles. The summed E-state index contributed by atoms with van der Waals surface area (Å²) in [5.74, 6) is -0.811. The zero-order valence-electron chi connectivity index (χ0n) is 8.85. The molecule has 1 heterocycles. The highest BCUT2D eigenvalue weighted by molar-refractivity contribution is 5.30. The lowest BCUT2D eigenvalue weighted by atomic mass is 10.1. The maximum Gasteiger partial charge on any atom is 0.416 e. The van der Waals surface area contributed by atoms with Crippen LogP contribution in [-0.4, -0.2) is 19.7 Å². The topological polar surface area (TPSA) is 21.3 Å². The Balaban J connectivity index is 2.03. The summed E-state index contributed by atoms with van der Waals surface area (Å²) in [5, 5.41) is 3.02. The Morgan fingerprint density at radius 1 is 1.29 bits per heavy atom. The van der Waals surface area contributed by atoms with Crippen LogP contribution < -0.4 is 10.1 Å². The van der Waals surface area contributed by atoms with E-state index in [1.807, 2.05) is 0 Å². The first-order valence-electron chi connectivity index (χ1n) is 5.17. The Kier molecular flexibility index (Phi) is 3.24. The molecule has 2 nitrogen and oxygen atoms in total. The van der Waals surface area contributed by atoms with E-state index < -0.39 is 17.6 Å². The van der Waals surface area contributed by atoms with Crippen LogP contribution >= 0.6 is 0 Å². The van der Waals surface area contributed by atoms with Crippen molar-refractivity contribution in [3.63, 3.8) is 0 Å². The summed E-state index contributed by atoms with van der Waals surface area (Å²) in [4.78, 5) is 0. The fourth-order valence-electron chi connectivity index (χ4n) is 1.47. The van der Waals surface area contributed by atoms with E-state index in [4.69, 9.17) is 4.74 Å². The number of alkyl halides is 3. The molecule has 0 amide bonds. The molecule has 1 aromatic rings. The third-order valence-electron chi connectivity index (χ3n) is 2.60. The molecule has 0 spiro atoms. The van der Waals surface area contributed by atoms with Crippen LogP contribution in [0.2, 0.25) is 0 Å². The van der Waals surface area contributed by atoms with Crippen molar-refractivity contribution in [3.8, 4) is 5.75 Å². The van der Waals surface area contributed by atoms with Gasteiger partial charge in [0.1, 0.15) is 0 Å². The van der Waals surface area contributed by atoms with Crippen LogP contribution in [0.5, 0.6) is 5.75 Å². The predicted octanol–water partition coefficient (Wildman–Crippen LogP) is 2.44. The van der Waals surface area contributed by atoms with E-state index in [-0.39, 0.29) is 5.75 Å². The van der Waals surface area contributed by atoms with Gasteiger partial charge >= 0.3 is 6.18 Å². The molecule has 1 N–H and O–H groups in total. The van der Waals surface area contributed by atoms with Crippen molar-refractivity contribution in [2.45, 2.75) is 6.18 Å². The number of benzene rings is 1. The number of hydrogen-bond donors (Lipinski definition) is 1. The fraction of sp³-hybridized carbons (Fsp3) is 0.455. The van der Waals surface area contributed by atoms with Gasteiger partial charge < -0.3 is 10.1 Å². The average molecular weight is 249 g/mol. The van der Waals surface area contributed by atoms with Crippen molar-refractivity contribution in [1.29, 1.82) is 0 Å². The SMILES string of the molecule is Fc1cc(C(F)(F)F)ccc1OCC1CNC1. The van der Waals surface area contributed by atoms with Gasteiger partial charge in [-0.05, 0) is 18.2 Å². The number of ether oxygens (including phenoxy) is 1. The smallest absolute Gasteiger partial charge is 0.416 e. The number of hydrogen-bond acceptors (Lipinski definition) is 2. The summed E-state index contributed by atoms with van der Waals surface area (Å²) < 4.78 is 55.2. The Morgan fingerprint density at radius 2 is 2.00 bits per heavy atom. The highest BCUT2D eigenvalue weighted by Crippen LogP contribution is 2.32. The molecule has 0 saturated carbocycles. The molecule has 0 bridgehead atoms. The Morgan fingerprint density at radius 3 is 2.47 bits per heavy atom. The molecular weight excluding hydrogens is 238 g/mol. The standard InChI is InChI=1S/C11H11F4NO/c12-9-3-8(11(13,14)15)1-2-10(9)17-6-7-4-16-5-7/h1-3,7,16H,4-6H2. The van der Waals surface area contributed by atoms with Gasteiger partial charge in [0.15, 0.2) is 11.6 Å². The van der Waals surface area contributed by atoms with Crippen LogP contribution in [0.4, 0.5) is 17.6 Å². The highest BCUT2D eigenvalue weighted by Gasteiger charge is 2.31. The Bertz CT molecular complexity index is 401. The Labute approximate surface area is 95.6 Å². The summed E-state index contributed by atoms with van der Waals surface area (Å²) in [7, 11) is 0. The van der Waals surface area contributed by atoms with E-state index in [1.165, 1.54) is 0 Å². The summed E-state index contributed by atoms with van der Waals surface area (Å²) in [6.07, 6.45) is -4.53. The van der Waals surface area contributed by atoms with Crippen LogP contribution in [0.15, 0.2) is 18.2 Å². The van der Waals surface area contributed by atoms with Gasteiger partial charge in [0.25, 0.3) is 0 Å². The van der Waals surface area contributed by atoms with E-state index in [0.29, 0.717) is 18.6 Å². The molecule has 0 radical (unpaired) electrons. The second-order valence-corrected chi connectivity index (χ2v) is 3.98. The first kappa shape index (κ1) is 12.2. The minimum absolute atomic E-state index is 0.134. The maximum absolute atomic E-state index is 13.3. The predicted molar refractivity (Wildman–Crippen MR) is 53.3 cm³/mol. The van der Waals surface area contributed by atoms with Gasteiger partial charge in [-0.2, -0.15) is 13.2 Å². The molecule has 0 aromatic heterocycles. The van der Waals surface area contributed by atoms with Gasteiger partial charge in [-0.3, -0.25) is 0 Å². The third-order valence-corrected chi connectivity index (χ3v) is 2.60. The molecule has 0 atom stereocenters. The largest absolute Gasteiger partial charge is 0.490 e. The number of halogens is 4. The van der Waals surface area contributed by atoms with Gasteiger partial charge in [-0.15, -0.1) is 0 Å². The molecule has 94 valence electrons. The summed E-state index contributed by atoms with van der Waals surface area (Å²) in [5.41, 5.74) is -1.01. The second-order valence-electron chi connectivity index (χ2n) is 3.98. The molecule has 1 fully saturated rings. The lowest BCUT2D eigenvalue weighted by Crippen LogP contribution is -2.45. The molecule has 1 aliphatic rings. The zero-order valence-corrected chi connectivity index (χ0v) is 8.85. The van der Waals surface area contributed by atoms with Gasteiger partial charge in [-0.25, -0.2) is 4.39 Å². The molecule has 2 rings (SSSR count). The van der Waals surface area contributed by atoms with Gasteiger partial charge in [-0.1, -0.05) is 0 Å². The second kappa shape index (κ2) is 4.52. The first-order chi connectivity index (χ1) is 7.97. The zero-order chi connectivity index (χ0) is 12.5. The van der Waals surface area contributed by atoms with Gasteiger partial charge in [0.2, 0.25) is 0 Å². The lowest BCUT2D eigenvalue weighted by Gasteiger charge is -2.26. The molecule has 0 unspecified atom stereocenters. The van der Waals surface area contributed by atoms with E-state index >= 15 is 0 Å². The average Bonchev–Trinajstić information content (AvgIpc) is 2.16. The Hall–Kier alpha value is -1.30. The monoisotopic (exact) mass is 249 g/mol. The molecule has 17 heavy (non-hydrogen) atoms. The molecule has 1 aliphatic heterocycles. The minimum Gasteiger partial charge on any atom is -0.490 e. The van der Waals surface area contributed by atoms with E-state index in [2.05, 4.69) is 5.32 Å². The van der Waals surface area contributed by atoms with E-state index in [9.17, 15) is 17.6 Å². The van der Waals surface area contributed by atoms with Crippen molar-refractivity contribution in [1.82, 2.24) is 5.32 Å². The quantitative estimate of drug-likeness (QED) is 0.831. The first-order valence-corrected chi connectivity index (χ1v) is 5.17. The van der Waals surface area contributed by atoms with Gasteiger partial charge in [0, 0.05) is 19.0 Å². The lowest BCUT2D eigenvalue weighted by molar-refractivity contribution is -0.137. The highest BCUT2D eigenvalue weighted by atomic mass is 19.4. The van der Waals surface area contributed by atoms with Crippen LogP contribution in [0.25, 0.3) is 0 Å². The summed E-state index contributed by atoms with van der Waals surface area (Å²) in [6.45, 7) is 1.90. The van der Waals surface area contributed by atoms with E-state index in [1.54, 1.807) is 0 Å². The number of rotatable bonds is 3. The number of nitrogens with one attached hydrogen (secondary N) is 1. The van der Waals surface area contributed by atoms with Crippen LogP contribution in [0.1, 0.15) is 5.56 Å². The fourth-order valence-corrected chi connectivity index (χ4v) is 1.47. The van der Waals surface area contributed by atoms with Crippen molar-refractivity contribution < 1.29 is 22.3 Å². The van der Waals surface area contributed by atoms with E-state index in [0.717, 1.165) is 25.2 Å². The minimum atomic E-state index is -4.53.